The molecular formula is C7H13S. The third-order valence-corrected chi connectivity index (χ3v) is 2.45. The van der Waals surface area contributed by atoms with Crippen LogP contribution >= 0.6 is 11.8 Å². The normalized spacial score (nSPS) is 24.0. The second-order valence-corrected chi connectivity index (χ2v) is 3.32. The fourth-order valence-electron chi connectivity index (χ4n) is 0.933. The van der Waals surface area contributed by atoms with Crippen LogP contribution in [0.3, 0.4) is 0 Å². The zero-order valence-electron chi connectivity index (χ0n) is 5.23. The highest BCUT2D eigenvalue weighted by Gasteiger charge is 1.96. The van der Waals surface area contributed by atoms with Crippen molar-refractivity contribution in [1.29, 1.82) is 0 Å². The summed E-state index contributed by atoms with van der Waals surface area (Å²) in [6.45, 7) is 0. The van der Waals surface area contributed by atoms with Gasteiger partial charge in [-0.3, -0.25) is 0 Å². The Bertz CT molecular complexity index is 28.3. The van der Waals surface area contributed by atoms with Crippen molar-refractivity contribution >= 4 is 11.8 Å². The first-order chi connectivity index (χ1) is 4.00. The molecule has 0 aliphatic carbocycles. The molecule has 1 saturated heterocycles. The molecule has 1 radical (unpaired) electrons. The molecule has 1 aliphatic heterocycles. The predicted octanol–water partition coefficient (Wildman–Crippen LogP) is 2.85. The Kier molecular flexibility index (Phi) is 3.44. The molecule has 0 unspecified atom stereocenters. The smallest absolute Gasteiger partial charge is 0.0166 e. The first-order valence-electron chi connectivity index (χ1n) is 3.43. The van der Waals surface area contributed by atoms with E-state index >= 15 is 0 Å². The van der Waals surface area contributed by atoms with Crippen LogP contribution in [-0.4, -0.2) is 5.75 Å². The van der Waals surface area contributed by atoms with Gasteiger partial charge in [-0.25, -0.2) is 0 Å². The first-order valence-corrected chi connectivity index (χ1v) is 4.48. The highest BCUT2D eigenvalue weighted by Crippen LogP contribution is 2.18. The van der Waals surface area contributed by atoms with E-state index in [0.29, 0.717) is 0 Å². The van der Waals surface area contributed by atoms with E-state index in [4.69, 9.17) is 0 Å². The van der Waals surface area contributed by atoms with Crippen LogP contribution in [0, 0.1) is 5.75 Å². The van der Waals surface area contributed by atoms with Gasteiger partial charge in [-0.2, -0.15) is 11.8 Å². The van der Waals surface area contributed by atoms with Crippen molar-refractivity contribution in [1.82, 2.24) is 0 Å². The maximum atomic E-state index is 2.36. The minimum atomic E-state index is 1.34. The summed E-state index contributed by atoms with van der Waals surface area (Å²) in [5.41, 5.74) is 0. The Morgan fingerprint density at radius 1 is 1.00 bits per heavy atom. The van der Waals surface area contributed by atoms with Gasteiger partial charge in [0.2, 0.25) is 0 Å². The molecule has 0 amide bonds. The van der Waals surface area contributed by atoms with E-state index in [-0.39, 0.29) is 0 Å². The van der Waals surface area contributed by atoms with Crippen LogP contribution in [0.5, 0.6) is 0 Å². The molecule has 1 heterocycles. The lowest BCUT2D eigenvalue weighted by atomic mass is 10.2. The maximum absolute atomic E-state index is 2.36. The highest BCUT2D eigenvalue weighted by molar-refractivity contribution is 8.01. The van der Waals surface area contributed by atoms with Crippen LogP contribution in [0.15, 0.2) is 0 Å². The Hall–Kier alpha value is 0.350. The molecule has 0 bridgehead atoms. The fourth-order valence-corrected chi connectivity index (χ4v) is 1.80. The number of hydrogen-bond acceptors (Lipinski definition) is 1. The molecule has 0 spiro atoms. The van der Waals surface area contributed by atoms with Gasteiger partial charge in [-0.15, -0.1) is 0 Å². The van der Waals surface area contributed by atoms with E-state index in [9.17, 15) is 0 Å². The minimum absolute atomic E-state index is 1.34. The average Bonchev–Trinajstić information content (AvgIpc) is 1.62. The summed E-state index contributed by atoms with van der Waals surface area (Å²) in [5.74, 6) is 3.72. The molecule has 0 atom stereocenters. The summed E-state index contributed by atoms with van der Waals surface area (Å²) in [7, 11) is 0. The van der Waals surface area contributed by atoms with Crippen molar-refractivity contribution in [2.24, 2.45) is 0 Å². The fraction of sp³-hybridized carbons (Fsp3) is 0.857. The lowest BCUT2D eigenvalue weighted by Gasteiger charge is -2.05. The molecule has 1 aliphatic rings. The van der Waals surface area contributed by atoms with Crippen molar-refractivity contribution in [3.05, 3.63) is 5.75 Å². The molecule has 47 valence electrons. The molecule has 0 saturated carbocycles. The summed E-state index contributed by atoms with van der Waals surface area (Å²) in [5, 5.41) is 0. The highest BCUT2D eigenvalue weighted by atomic mass is 32.2. The van der Waals surface area contributed by atoms with Crippen molar-refractivity contribution in [3.8, 4) is 0 Å². The molecule has 0 aromatic rings. The van der Waals surface area contributed by atoms with Crippen molar-refractivity contribution in [3.63, 3.8) is 0 Å². The van der Waals surface area contributed by atoms with Gasteiger partial charge in [0.1, 0.15) is 0 Å². The van der Waals surface area contributed by atoms with Gasteiger partial charge < -0.3 is 0 Å². The molecule has 0 aromatic heterocycles. The summed E-state index contributed by atoms with van der Waals surface area (Å²) in [4.78, 5) is 0. The van der Waals surface area contributed by atoms with E-state index < -0.39 is 0 Å². The lowest BCUT2D eigenvalue weighted by molar-refractivity contribution is 0.667. The van der Waals surface area contributed by atoms with E-state index in [1.165, 1.54) is 37.9 Å². The third kappa shape index (κ3) is 2.61. The molecule has 1 rings (SSSR count). The van der Waals surface area contributed by atoms with Gasteiger partial charge >= 0.3 is 0 Å². The first kappa shape index (κ1) is 6.47. The molecule has 0 nitrogen and oxygen atoms in total. The van der Waals surface area contributed by atoms with Gasteiger partial charge in [0.15, 0.2) is 0 Å². The average molecular weight is 129 g/mol. The van der Waals surface area contributed by atoms with Crippen molar-refractivity contribution < 1.29 is 0 Å². The molecule has 1 heteroatoms. The SMILES string of the molecule is [CH]1CCCCCCS1. The van der Waals surface area contributed by atoms with Gasteiger partial charge in [-0.05, 0) is 18.6 Å². The molecular weight excluding hydrogens is 116 g/mol. The van der Waals surface area contributed by atoms with Crippen molar-refractivity contribution in [2.75, 3.05) is 5.75 Å². The van der Waals surface area contributed by atoms with Crippen LogP contribution < -0.4 is 0 Å². The topological polar surface area (TPSA) is 0 Å². The second kappa shape index (κ2) is 4.25. The summed E-state index contributed by atoms with van der Waals surface area (Å²) < 4.78 is 0. The Morgan fingerprint density at radius 3 is 2.88 bits per heavy atom. The van der Waals surface area contributed by atoms with Gasteiger partial charge in [0, 0.05) is 5.75 Å². The monoisotopic (exact) mass is 129 g/mol. The van der Waals surface area contributed by atoms with Gasteiger partial charge in [-0.1, -0.05) is 19.3 Å². The van der Waals surface area contributed by atoms with Crippen LogP contribution in [0.1, 0.15) is 32.1 Å². The van der Waals surface area contributed by atoms with E-state index in [2.05, 4.69) is 5.75 Å². The quantitative estimate of drug-likeness (QED) is 0.484. The minimum Gasteiger partial charge on any atom is -0.157 e. The van der Waals surface area contributed by atoms with Crippen LogP contribution in [-0.2, 0) is 0 Å². The largest absolute Gasteiger partial charge is 0.157 e. The molecule has 1 fully saturated rings. The molecule has 0 N–H and O–H groups in total. The van der Waals surface area contributed by atoms with Crippen LogP contribution in [0.2, 0.25) is 0 Å². The van der Waals surface area contributed by atoms with E-state index in [1.807, 2.05) is 11.8 Å². The Morgan fingerprint density at radius 2 is 1.88 bits per heavy atom. The Balaban J connectivity index is 2.00. The van der Waals surface area contributed by atoms with Gasteiger partial charge in [0.25, 0.3) is 0 Å². The standard InChI is InChI=1S/C7H13S/c1-2-4-6-8-7-5-3-1/h6H,1-5,7H2. The number of rotatable bonds is 0. The number of thioether (sulfide) groups is 1. The summed E-state index contributed by atoms with van der Waals surface area (Å²) >= 11 is 2.00. The van der Waals surface area contributed by atoms with Gasteiger partial charge in [0.05, 0.1) is 0 Å². The van der Waals surface area contributed by atoms with Crippen molar-refractivity contribution in [2.45, 2.75) is 32.1 Å². The third-order valence-electron chi connectivity index (χ3n) is 1.45. The summed E-state index contributed by atoms with van der Waals surface area (Å²) in [6, 6.07) is 0. The van der Waals surface area contributed by atoms with Crippen LogP contribution in [0.4, 0.5) is 0 Å². The predicted molar refractivity (Wildman–Crippen MR) is 39.8 cm³/mol. The number of hydrogen-bond donors (Lipinski definition) is 0. The van der Waals surface area contributed by atoms with Crippen LogP contribution in [0.25, 0.3) is 0 Å². The zero-order chi connectivity index (χ0) is 5.66. The van der Waals surface area contributed by atoms with E-state index in [1.54, 1.807) is 0 Å². The second-order valence-electron chi connectivity index (χ2n) is 2.24. The molecule has 0 aromatic carbocycles. The molecule has 8 heavy (non-hydrogen) atoms. The lowest BCUT2D eigenvalue weighted by Crippen LogP contribution is -1.86. The zero-order valence-corrected chi connectivity index (χ0v) is 6.04. The van der Waals surface area contributed by atoms with E-state index in [0.717, 1.165) is 0 Å². The summed E-state index contributed by atoms with van der Waals surface area (Å²) in [6.07, 6.45) is 7.11. The Labute approximate surface area is 56.0 Å². The maximum Gasteiger partial charge on any atom is 0.0166 e.